The topological polar surface area (TPSA) is 32.5 Å². The van der Waals surface area contributed by atoms with E-state index in [9.17, 15) is 0 Å². The van der Waals surface area contributed by atoms with Gasteiger partial charge in [0, 0.05) is 35.6 Å². The quantitative estimate of drug-likeness (QED) is 0.430. The van der Waals surface area contributed by atoms with Crippen LogP contribution in [-0.4, -0.2) is 23.6 Å². The minimum absolute atomic E-state index is 0.371. The molecule has 0 saturated carbocycles. The van der Waals surface area contributed by atoms with Gasteiger partial charge in [-0.3, -0.25) is 0 Å². The first kappa shape index (κ1) is 17.1. The number of rotatable bonds is 2. The maximum atomic E-state index is 6.36. The molecule has 28 heavy (non-hydrogen) atoms. The van der Waals surface area contributed by atoms with Crippen LogP contribution in [-0.2, 0) is 0 Å². The van der Waals surface area contributed by atoms with Gasteiger partial charge >= 0.3 is 0 Å². The molecule has 3 heterocycles. The van der Waals surface area contributed by atoms with Gasteiger partial charge in [0.2, 0.25) is 0 Å². The van der Waals surface area contributed by atoms with Crippen molar-refractivity contribution >= 4 is 39.1 Å². The van der Waals surface area contributed by atoms with E-state index in [1.54, 1.807) is 0 Å². The zero-order valence-corrected chi connectivity index (χ0v) is 16.8. The van der Waals surface area contributed by atoms with Gasteiger partial charge in [-0.05, 0) is 51.5 Å². The van der Waals surface area contributed by atoms with Crippen molar-refractivity contribution in [3.05, 3.63) is 60.3 Å². The summed E-state index contributed by atoms with van der Waals surface area (Å²) >= 11 is 0. The second kappa shape index (κ2) is 6.26. The highest BCUT2D eigenvalue weighted by Crippen LogP contribution is 2.44. The molecule has 0 bridgehead atoms. The summed E-state index contributed by atoms with van der Waals surface area (Å²) in [6, 6.07) is 17.6. The number of hydrogen-bond donors (Lipinski definition) is 0. The van der Waals surface area contributed by atoms with E-state index in [1.807, 2.05) is 24.4 Å². The molecule has 0 unspecified atom stereocenters. The van der Waals surface area contributed by atoms with E-state index in [0.717, 1.165) is 40.0 Å². The molecule has 0 N–H and O–H groups in total. The van der Waals surface area contributed by atoms with Crippen molar-refractivity contribution in [2.75, 3.05) is 16.3 Å². The van der Waals surface area contributed by atoms with Crippen molar-refractivity contribution < 1.29 is 4.42 Å². The summed E-state index contributed by atoms with van der Waals surface area (Å²) in [5, 5.41) is 2.32. The zero-order chi connectivity index (χ0) is 19.4. The highest BCUT2D eigenvalue weighted by Gasteiger charge is 2.33. The first-order chi connectivity index (χ1) is 13.6. The molecule has 0 aliphatic carbocycles. The van der Waals surface area contributed by atoms with Gasteiger partial charge in [-0.25, -0.2) is 4.98 Å². The molecular formula is C24H25N3O. The van der Waals surface area contributed by atoms with Gasteiger partial charge in [0.25, 0.3) is 0 Å². The fourth-order valence-electron chi connectivity index (χ4n) is 4.67. The second-order valence-electron chi connectivity index (χ2n) is 8.01. The average Bonchev–Trinajstić information content (AvgIpc) is 3.05. The van der Waals surface area contributed by atoms with Crippen molar-refractivity contribution in [3.63, 3.8) is 0 Å². The number of aromatic nitrogens is 1. The lowest BCUT2D eigenvalue weighted by Crippen LogP contribution is -2.49. The maximum Gasteiger partial charge on any atom is 0.159 e. The summed E-state index contributed by atoms with van der Waals surface area (Å²) in [4.78, 5) is 9.60. The van der Waals surface area contributed by atoms with Crippen molar-refractivity contribution in [2.24, 2.45) is 0 Å². The van der Waals surface area contributed by atoms with Crippen molar-refractivity contribution in [1.82, 2.24) is 4.98 Å². The second-order valence-corrected chi connectivity index (χ2v) is 8.01. The Labute approximate surface area is 165 Å². The minimum atomic E-state index is 0.371. The Kier molecular flexibility index (Phi) is 3.83. The van der Waals surface area contributed by atoms with Crippen LogP contribution in [0, 0.1) is 6.92 Å². The van der Waals surface area contributed by atoms with Crippen molar-refractivity contribution in [2.45, 2.75) is 39.8 Å². The van der Waals surface area contributed by atoms with Crippen molar-refractivity contribution in [1.29, 1.82) is 0 Å². The van der Waals surface area contributed by atoms with Gasteiger partial charge in [-0.2, -0.15) is 0 Å². The van der Waals surface area contributed by atoms with E-state index in [1.165, 1.54) is 11.3 Å². The summed E-state index contributed by atoms with van der Waals surface area (Å²) in [7, 11) is 0. The van der Waals surface area contributed by atoms with Gasteiger partial charge in [-0.15, -0.1) is 0 Å². The predicted molar refractivity (Wildman–Crippen MR) is 117 cm³/mol. The Morgan fingerprint density at radius 2 is 1.86 bits per heavy atom. The van der Waals surface area contributed by atoms with Gasteiger partial charge in [-0.1, -0.05) is 30.3 Å². The number of fused-ring (bicyclic) bond motifs is 4. The molecule has 5 rings (SSSR count). The van der Waals surface area contributed by atoms with Crippen LogP contribution in [0.3, 0.4) is 0 Å². The smallest absolute Gasteiger partial charge is 0.159 e. The number of aryl methyl sites for hydroxylation is 1. The van der Waals surface area contributed by atoms with E-state index < -0.39 is 0 Å². The van der Waals surface area contributed by atoms with Crippen LogP contribution in [0.1, 0.15) is 26.3 Å². The van der Waals surface area contributed by atoms with E-state index in [4.69, 9.17) is 9.40 Å². The normalized spacial score (nSPS) is 17.0. The maximum absolute atomic E-state index is 6.36. The molecule has 4 aromatic rings. The summed E-state index contributed by atoms with van der Waals surface area (Å²) in [5.41, 5.74) is 5.39. The number of furan rings is 1. The monoisotopic (exact) mass is 371 g/mol. The third-order valence-electron chi connectivity index (χ3n) is 5.77. The van der Waals surface area contributed by atoms with Crippen LogP contribution < -0.4 is 9.80 Å². The number of hydrogen-bond acceptors (Lipinski definition) is 4. The molecule has 0 saturated heterocycles. The zero-order valence-electron chi connectivity index (χ0n) is 16.8. The molecule has 0 spiro atoms. The Hall–Kier alpha value is -3.01. The SMILES string of the molecule is Cc1ccc2c(oc3ccccc32)c1N1C[C@@H](C)N(C(C)C)c2cccnc21. The molecule has 4 heteroatoms. The van der Waals surface area contributed by atoms with E-state index >= 15 is 0 Å². The highest BCUT2D eigenvalue weighted by atomic mass is 16.3. The lowest BCUT2D eigenvalue weighted by Gasteiger charge is -2.44. The van der Waals surface area contributed by atoms with E-state index in [0.29, 0.717) is 12.1 Å². The van der Waals surface area contributed by atoms with Gasteiger partial charge in [0.05, 0.1) is 11.4 Å². The van der Waals surface area contributed by atoms with Crippen LogP contribution in [0.4, 0.5) is 17.2 Å². The fourth-order valence-corrected chi connectivity index (χ4v) is 4.67. The molecular weight excluding hydrogens is 346 g/mol. The number of benzene rings is 2. The molecule has 1 aliphatic rings. The van der Waals surface area contributed by atoms with Crippen LogP contribution in [0.2, 0.25) is 0 Å². The van der Waals surface area contributed by atoms with E-state index in [2.05, 4.69) is 67.8 Å². The minimum Gasteiger partial charge on any atom is -0.454 e. The molecule has 0 fully saturated rings. The molecule has 142 valence electrons. The number of nitrogens with zero attached hydrogens (tertiary/aromatic N) is 3. The predicted octanol–water partition coefficient (Wildman–Crippen LogP) is 6.04. The number of pyridine rings is 1. The average molecular weight is 371 g/mol. The van der Waals surface area contributed by atoms with Crippen LogP contribution in [0.25, 0.3) is 21.9 Å². The van der Waals surface area contributed by atoms with E-state index in [-0.39, 0.29) is 0 Å². The van der Waals surface area contributed by atoms with Gasteiger partial charge in [0.1, 0.15) is 5.58 Å². The van der Waals surface area contributed by atoms with Gasteiger partial charge < -0.3 is 14.2 Å². The Bertz CT molecular complexity index is 1180. The molecule has 2 aromatic heterocycles. The third-order valence-corrected chi connectivity index (χ3v) is 5.77. The Morgan fingerprint density at radius 3 is 2.68 bits per heavy atom. The summed E-state index contributed by atoms with van der Waals surface area (Å²) in [6.07, 6.45) is 1.88. The Morgan fingerprint density at radius 1 is 1.04 bits per heavy atom. The first-order valence-electron chi connectivity index (χ1n) is 9.98. The largest absolute Gasteiger partial charge is 0.454 e. The standard InChI is InChI=1S/C24H25N3O/c1-15(2)27-17(4)14-26(24-20(27)9-7-13-25-24)22-16(3)11-12-19-18-8-5-6-10-21(18)28-23(19)22/h5-13,15,17H,14H2,1-4H3/t17-/m1/s1. The summed E-state index contributed by atoms with van der Waals surface area (Å²) in [6.45, 7) is 9.81. The Balaban J connectivity index is 1.78. The third kappa shape index (κ3) is 2.40. The molecule has 1 aliphatic heterocycles. The number of anilines is 3. The first-order valence-corrected chi connectivity index (χ1v) is 9.98. The molecule has 0 radical (unpaired) electrons. The van der Waals surface area contributed by atoms with Crippen LogP contribution in [0.15, 0.2) is 59.1 Å². The van der Waals surface area contributed by atoms with Crippen LogP contribution >= 0.6 is 0 Å². The lowest BCUT2D eigenvalue weighted by atomic mass is 10.0. The molecule has 1 atom stereocenters. The number of para-hydroxylation sites is 1. The molecule has 0 amide bonds. The highest BCUT2D eigenvalue weighted by molar-refractivity contribution is 6.10. The summed E-state index contributed by atoms with van der Waals surface area (Å²) in [5.74, 6) is 1.00. The van der Waals surface area contributed by atoms with Crippen molar-refractivity contribution in [3.8, 4) is 0 Å². The molecule has 2 aromatic carbocycles. The van der Waals surface area contributed by atoms with Crippen LogP contribution in [0.5, 0.6) is 0 Å². The van der Waals surface area contributed by atoms with Gasteiger partial charge in [0.15, 0.2) is 11.4 Å². The summed E-state index contributed by atoms with van der Waals surface area (Å²) < 4.78 is 6.36. The molecule has 4 nitrogen and oxygen atoms in total. The lowest BCUT2D eigenvalue weighted by molar-refractivity contribution is 0.556. The fraction of sp³-hybridized carbons (Fsp3) is 0.292.